The fourth-order valence-corrected chi connectivity index (χ4v) is 1.10. The lowest BCUT2D eigenvalue weighted by Gasteiger charge is -2.12. The molecular weight excluding hydrogens is 176 g/mol. The summed E-state index contributed by atoms with van der Waals surface area (Å²) in [6, 6.07) is 7.61. The number of nitriles is 1. The molecule has 0 aliphatic rings. The van der Waals surface area contributed by atoms with Crippen LogP contribution < -0.4 is 10.5 Å². The second-order valence-corrected chi connectivity index (χ2v) is 3.19. The zero-order valence-corrected chi connectivity index (χ0v) is 8.45. The first-order valence-electron chi connectivity index (χ1n) is 4.59. The Bertz CT molecular complexity index is 355. The van der Waals surface area contributed by atoms with Crippen LogP contribution >= 0.6 is 0 Å². The third-order valence-electron chi connectivity index (χ3n) is 1.95. The number of aryl methyl sites for hydroxylation is 1. The van der Waals surface area contributed by atoms with Gasteiger partial charge in [-0.1, -0.05) is 13.0 Å². The molecule has 0 radical (unpaired) electrons. The Morgan fingerprint density at radius 1 is 1.57 bits per heavy atom. The topological polar surface area (TPSA) is 59.0 Å². The van der Waals surface area contributed by atoms with Gasteiger partial charge in [-0.25, -0.2) is 0 Å². The molecule has 0 aliphatic carbocycles. The second-order valence-electron chi connectivity index (χ2n) is 3.19. The molecule has 1 atom stereocenters. The molecule has 14 heavy (non-hydrogen) atoms. The summed E-state index contributed by atoms with van der Waals surface area (Å²) in [5.74, 6) is 0.596. The van der Waals surface area contributed by atoms with E-state index in [0.717, 1.165) is 5.56 Å². The van der Waals surface area contributed by atoms with Crippen LogP contribution in [-0.4, -0.2) is 6.10 Å². The van der Waals surface area contributed by atoms with E-state index in [1.54, 1.807) is 6.07 Å². The lowest BCUT2D eigenvalue weighted by molar-refractivity contribution is 0.253. The van der Waals surface area contributed by atoms with E-state index in [1.807, 2.05) is 26.0 Å². The molecule has 1 rings (SSSR count). The third kappa shape index (κ3) is 2.40. The van der Waals surface area contributed by atoms with Gasteiger partial charge in [0.05, 0.1) is 5.69 Å². The Morgan fingerprint density at radius 3 is 2.86 bits per heavy atom. The highest BCUT2D eigenvalue weighted by Crippen LogP contribution is 2.23. The van der Waals surface area contributed by atoms with Crippen LogP contribution in [0.2, 0.25) is 0 Å². The van der Waals surface area contributed by atoms with E-state index < -0.39 is 6.10 Å². The Hall–Kier alpha value is -1.69. The summed E-state index contributed by atoms with van der Waals surface area (Å²) in [4.78, 5) is 0. The number of hydrogen-bond acceptors (Lipinski definition) is 3. The molecule has 1 unspecified atom stereocenters. The minimum absolute atomic E-state index is 0.418. The van der Waals surface area contributed by atoms with Crippen LogP contribution in [0.1, 0.15) is 18.9 Å². The second kappa shape index (κ2) is 4.52. The summed E-state index contributed by atoms with van der Waals surface area (Å²) >= 11 is 0. The smallest absolute Gasteiger partial charge is 0.184 e. The van der Waals surface area contributed by atoms with Crippen molar-refractivity contribution in [3.8, 4) is 11.8 Å². The summed E-state index contributed by atoms with van der Waals surface area (Å²) < 4.78 is 5.44. The predicted octanol–water partition coefficient (Wildman–Crippen LogP) is 2.26. The Kier molecular flexibility index (Phi) is 3.35. The minimum atomic E-state index is -0.418. The van der Waals surface area contributed by atoms with Crippen molar-refractivity contribution >= 4 is 5.69 Å². The van der Waals surface area contributed by atoms with Crippen molar-refractivity contribution in [2.75, 3.05) is 5.73 Å². The van der Waals surface area contributed by atoms with Gasteiger partial charge in [0.25, 0.3) is 0 Å². The molecule has 0 spiro atoms. The summed E-state index contributed by atoms with van der Waals surface area (Å²) in [5.41, 5.74) is 7.36. The van der Waals surface area contributed by atoms with Gasteiger partial charge in [0, 0.05) is 0 Å². The Morgan fingerprint density at radius 2 is 2.29 bits per heavy atom. The molecule has 3 heteroatoms. The molecule has 0 amide bonds. The van der Waals surface area contributed by atoms with Gasteiger partial charge in [-0.15, -0.1) is 0 Å². The maximum atomic E-state index is 8.73. The fraction of sp³-hybridized carbons (Fsp3) is 0.364. The Labute approximate surface area is 84.1 Å². The standard InChI is InChI=1S/C11H14N2O/c1-3-9(7-12)14-11-6-8(2)4-5-10(11)13/h4-6,9H,3,13H2,1-2H3. The molecule has 0 heterocycles. The molecule has 0 aliphatic heterocycles. The monoisotopic (exact) mass is 190 g/mol. The number of rotatable bonds is 3. The normalized spacial score (nSPS) is 11.8. The van der Waals surface area contributed by atoms with Gasteiger partial charge >= 0.3 is 0 Å². The maximum Gasteiger partial charge on any atom is 0.184 e. The van der Waals surface area contributed by atoms with Crippen molar-refractivity contribution in [1.29, 1.82) is 5.26 Å². The van der Waals surface area contributed by atoms with Crippen LogP contribution in [0, 0.1) is 18.3 Å². The quantitative estimate of drug-likeness (QED) is 0.744. The zero-order valence-electron chi connectivity index (χ0n) is 8.45. The van der Waals surface area contributed by atoms with Crippen LogP contribution in [-0.2, 0) is 0 Å². The highest BCUT2D eigenvalue weighted by Gasteiger charge is 2.08. The van der Waals surface area contributed by atoms with E-state index in [-0.39, 0.29) is 0 Å². The van der Waals surface area contributed by atoms with Crippen molar-refractivity contribution in [2.24, 2.45) is 0 Å². The molecule has 0 saturated heterocycles. The summed E-state index contributed by atoms with van der Waals surface area (Å²) in [6.45, 7) is 3.86. The summed E-state index contributed by atoms with van der Waals surface area (Å²) in [5, 5.41) is 8.73. The molecule has 0 bridgehead atoms. The SMILES string of the molecule is CCC(C#N)Oc1cc(C)ccc1N. The van der Waals surface area contributed by atoms with Gasteiger partial charge < -0.3 is 10.5 Å². The number of benzene rings is 1. The van der Waals surface area contributed by atoms with Gasteiger partial charge in [0.1, 0.15) is 11.8 Å². The van der Waals surface area contributed by atoms with Crippen LogP contribution in [0.3, 0.4) is 0 Å². The van der Waals surface area contributed by atoms with E-state index in [4.69, 9.17) is 15.7 Å². The molecule has 0 aromatic heterocycles. The molecule has 0 saturated carbocycles. The molecule has 2 N–H and O–H groups in total. The molecule has 1 aromatic rings. The molecular formula is C11H14N2O. The van der Waals surface area contributed by atoms with E-state index in [2.05, 4.69) is 6.07 Å². The zero-order chi connectivity index (χ0) is 10.6. The van der Waals surface area contributed by atoms with Gasteiger partial charge in [0.15, 0.2) is 6.10 Å². The van der Waals surface area contributed by atoms with Crippen molar-refractivity contribution in [2.45, 2.75) is 26.4 Å². The van der Waals surface area contributed by atoms with Crippen LogP contribution in [0.5, 0.6) is 5.75 Å². The number of nitrogens with zero attached hydrogens (tertiary/aromatic N) is 1. The van der Waals surface area contributed by atoms with Crippen LogP contribution in [0.25, 0.3) is 0 Å². The summed E-state index contributed by atoms with van der Waals surface area (Å²) in [7, 11) is 0. The van der Waals surface area contributed by atoms with Gasteiger partial charge in [-0.2, -0.15) is 5.26 Å². The number of anilines is 1. The van der Waals surface area contributed by atoms with Gasteiger partial charge in [-0.05, 0) is 31.0 Å². The van der Waals surface area contributed by atoms with E-state index >= 15 is 0 Å². The van der Waals surface area contributed by atoms with Crippen LogP contribution in [0.4, 0.5) is 5.69 Å². The molecule has 1 aromatic carbocycles. The van der Waals surface area contributed by atoms with Crippen molar-refractivity contribution in [1.82, 2.24) is 0 Å². The van der Waals surface area contributed by atoms with Crippen molar-refractivity contribution in [3.63, 3.8) is 0 Å². The fourth-order valence-electron chi connectivity index (χ4n) is 1.10. The number of nitrogens with two attached hydrogens (primary N) is 1. The number of hydrogen-bond donors (Lipinski definition) is 1. The van der Waals surface area contributed by atoms with Crippen LogP contribution in [0.15, 0.2) is 18.2 Å². The number of nitrogen functional groups attached to an aromatic ring is 1. The van der Waals surface area contributed by atoms with E-state index in [1.165, 1.54) is 0 Å². The lowest BCUT2D eigenvalue weighted by Crippen LogP contribution is -2.13. The lowest BCUT2D eigenvalue weighted by atomic mass is 10.2. The molecule has 0 fully saturated rings. The third-order valence-corrected chi connectivity index (χ3v) is 1.95. The van der Waals surface area contributed by atoms with Crippen molar-refractivity contribution in [3.05, 3.63) is 23.8 Å². The highest BCUT2D eigenvalue weighted by molar-refractivity contribution is 5.53. The first-order chi connectivity index (χ1) is 6.67. The van der Waals surface area contributed by atoms with Gasteiger partial charge in [-0.3, -0.25) is 0 Å². The number of ether oxygens (including phenoxy) is 1. The summed E-state index contributed by atoms with van der Waals surface area (Å²) in [6.07, 6.45) is 0.239. The van der Waals surface area contributed by atoms with E-state index in [9.17, 15) is 0 Å². The minimum Gasteiger partial charge on any atom is -0.473 e. The molecule has 74 valence electrons. The average Bonchev–Trinajstić information content (AvgIpc) is 2.19. The highest BCUT2D eigenvalue weighted by atomic mass is 16.5. The van der Waals surface area contributed by atoms with Crippen molar-refractivity contribution < 1.29 is 4.74 Å². The Balaban J connectivity index is 2.86. The largest absolute Gasteiger partial charge is 0.473 e. The average molecular weight is 190 g/mol. The predicted molar refractivity (Wildman–Crippen MR) is 55.9 cm³/mol. The first kappa shape index (κ1) is 10.4. The maximum absolute atomic E-state index is 8.73. The molecule has 3 nitrogen and oxygen atoms in total. The van der Waals surface area contributed by atoms with E-state index in [0.29, 0.717) is 17.9 Å². The first-order valence-corrected chi connectivity index (χ1v) is 4.59. The van der Waals surface area contributed by atoms with Gasteiger partial charge in [0.2, 0.25) is 0 Å².